The quantitative estimate of drug-likeness (QED) is 0.360. The van der Waals surface area contributed by atoms with Crippen LogP contribution in [0.5, 0.6) is 5.88 Å². The Hall–Kier alpha value is -3.95. The minimum atomic E-state index is -4.44. The maximum Gasteiger partial charge on any atom is 0.434 e. The van der Waals surface area contributed by atoms with Crippen LogP contribution in [0.1, 0.15) is 73.5 Å². The number of anilines is 1. The molecule has 0 aromatic carbocycles. The lowest BCUT2D eigenvalue weighted by Gasteiger charge is -2.81. The van der Waals surface area contributed by atoms with Gasteiger partial charge in [0.15, 0.2) is 17.7 Å². The van der Waals surface area contributed by atoms with Crippen molar-refractivity contribution in [2.75, 3.05) is 25.5 Å². The fourth-order valence-corrected chi connectivity index (χ4v) is 11.1. The van der Waals surface area contributed by atoms with Gasteiger partial charge in [-0.05, 0) is 62.2 Å². The number of nitrogens with zero attached hydrogens (tertiary/aromatic N) is 8. The number of fused-ring (bicyclic) bond motifs is 5. The number of ether oxygens (including phenoxy) is 1. The van der Waals surface area contributed by atoms with Crippen molar-refractivity contribution in [2.45, 2.75) is 69.6 Å². The highest BCUT2D eigenvalue weighted by atomic mass is 19.4. The first-order valence-electron chi connectivity index (χ1n) is 16.0. The van der Waals surface area contributed by atoms with Gasteiger partial charge in [0.1, 0.15) is 23.5 Å². The Balaban J connectivity index is 0.964. The third kappa shape index (κ3) is 2.79. The zero-order chi connectivity index (χ0) is 30.8. The number of aromatic nitrogens is 6. The summed E-state index contributed by atoms with van der Waals surface area (Å²) in [7, 11) is 1.60. The average molecular weight is 616 g/mol. The topological polar surface area (TPSA) is 118 Å². The molecule has 6 saturated carbocycles. The molecule has 0 radical (unpaired) electrons. The maximum absolute atomic E-state index is 13.7. The molecule has 0 bridgehead atoms. The molecule has 232 valence electrons. The minimum Gasteiger partial charge on any atom is -0.480 e. The molecule has 6 fully saturated rings. The van der Waals surface area contributed by atoms with Gasteiger partial charge >= 0.3 is 6.18 Å². The smallest absolute Gasteiger partial charge is 0.434 e. The number of hydrogen-bond acceptors (Lipinski definition) is 9. The molecular weight excluding hydrogens is 583 g/mol. The fourth-order valence-electron chi connectivity index (χ4n) is 11.1. The first kappa shape index (κ1) is 26.3. The van der Waals surface area contributed by atoms with Crippen molar-refractivity contribution in [1.29, 1.82) is 5.26 Å². The largest absolute Gasteiger partial charge is 0.480 e. The summed E-state index contributed by atoms with van der Waals surface area (Å²) >= 11 is 0. The van der Waals surface area contributed by atoms with Crippen LogP contribution in [0, 0.1) is 46.0 Å². The van der Waals surface area contributed by atoms with E-state index >= 15 is 0 Å². The highest BCUT2D eigenvalue weighted by Crippen LogP contribution is 3.19. The zero-order valence-electron chi connectivity index (χ0n) is 25.2. The lowest BCUT2D eigenvalue weighted by molar-refractivity contribution is -0.303. The number of nitriles is 1. The molecule has 1 spiro atoms. The predicted octanol–water partition coefficient (Wildman–Crippen LogP) is 4.70. The van der Waals surface area contributed by atoms with Gasteiger partial charge < -0.3 is 19.5 Å². The van der Waals surface area contributed by atoms with Gasteiger partial charge in [-0.2, -0.15) is 18.4 Å². The van der Waals surface area contributed by atoms with Crippen LogP contribution in [-0.2, 0) is 24.6 Å². The van der Waals surface area contributed by atoms with Gasteiger partial charge in [0, 0.05) is 54.1 Å². The number of halogens is 3. The molecule has 13 heteroatoms. The summed E-state index contributed by atoms with van der Waals surface area (Å²) < 4.78 is 48.5. The standard InChI is InChI=1S/C32H32F3N9O/c1-14(2)44-10-19(32(33,34)35)41-28(44)29-8-17-22(29)31-23(29)24(31)30(17,31)11-37-25-16-9-43(12-36)7-6-18(16)40-26(42-25)20-21(15-4-5-15)38-13-39-27(20)45-3/h10,13-15,17,22-24H,4-9,11H2,1-3H3,(H,37,40,42). The Bertz CT molecular complexity index is 1880. The van der Waals surface area contributed by atoms with Gasteiger partial charge in [-0.3, -0.25) is 0 Å². The van der Waals surface area contributed by atoms with Crippen molar-refractivity contribution >= 4 is 5.82 Å². The van der Waals surface area contributed by atoms with Crippen molar-refractivity contribution < 1.29 is 17.9 Å². The van der Waals surface area contributed by atoms with Crippen molar-refractivity contribution in [1.82, 2.24) is 34.4 Å². The van der Waals surface area contributed by atoms with Gasteiger partial charge in [-0.15, -0.1) is 0 Å². The van der Waals surface area contributed by atoms with Crippen molar-refractivity contribution in [3.8, 4) is 23.5 Å². The van der Waals surface area contributed by atoms with E-state index in [1.165, 1.54) is 12.5 Å². The van der Waals surface area contributed by atoms with E-state index in [0.717, 1.165) is 54.1 Å². The Morgan fingerprint density at radius 1 is 1.16 bits per heavy atom. The minimum absolute atomic E-state index is 0.0738. The Kier molecular flexibility index (Phi) is 4.60. The number of nitrogens with one attached hydrogen (secondary N) is 1. The second-order valence-corrected chi connectivity index (χ2v) is 14.6. The monoisotopic (exact) mass is 615 g/mol. The number of methoxy groups -OCH3 is 1. The van der Waals surface area contributed by atoms with Crippen LogP contribution < -0.4 is 10.1 Å². The number of imidazole rings is 1. The van der Waals surface area contributed by atoms with Gasteiger partial charge in [-0.1, -0.05) is 0 Å². The Labute approximate surface area is 257 Å². The van der Waals surface area contributed by atoms with E-state index in [1.807, 2.05) is 13.8 Å². The molecule has 0 amide bonds. The van der Waals surface area contributed by atoms with Gasteiger partial charge in [0.05, 0.1) is 25.0 Å². The number of alkyl halides is 3. The lowest BCUT2D eigenvalue weighted by Crippen LogP contribution is -2.81. The SMILES string of the molecule is COc1ncnc(C2CC2)c1-c1nc2c(c(NCC34C5CC6(c7nc(C(F)(F)F)cn7C(C)C)C5C35C6C45)n1)CN(C#N)CC2. The molecule has 7 atom stereocenters. The highest BCUT2D eigenvalue weighted by Gasteiger charge is 3.19. The summed E-state index contributed by atoms with van der Waals surface area (Å²) in [6.45, 7) is 5.69. The summed E-state index contributed by atoms with van der Waals surface area (Å²) in [6.07, 6.45) is 4.26. The van der Waals surface area contributed by atoms with Crippen LogP contribution in [0.25, 0.3) is 11.4 Å². The summed E-state index contributed by atoms with van der Waals surface area (Å²) in [5.41, 5.74) is 3.00. The predicted molar refractivity (Wildman–Crippen MR) is 153 cm³/mol. The van der Waals surface area contributed by atoms with Crippen molar-refractivity contribution in [3.05, 3.63) is 41.0 Å². The van der Waals surface area contributed by atoms with Crippen molar-refractivity contribution in [3.63, 3.8) is 0 Å². The van der Waals surface area contributed by atoms with Crippen LogP contribution in [-0.4, -0.2) is 54.6 Å². The molecule has 7 aliphatic rings. The molecule has 1 aliphatic heterocycles. The average Bonchev–Trinajstić information content (AvgIpc) is 3.97. The first-order chi connectivity index (χ1) is 21.6. The lowest BCUT2D eigenvalue weighted by atomic mass is 9.22. The molecule has 4 heterocycles. The third-order valence-corrected chi connectivity index (χ3v) is 12.7. The van der Waals surface area contributed by atoms with E-state index in [4.69, 9.17) is 14.7 Å². The van der Waals surface area contributed by atoms with E-state index < -0.39 is 11.9 Å². The van der Waals surface area contributed by atoms with E-state index in [1.54, 1.807) is 16.6 Å². The van der Waals surface area contributed by atoms with E-state index in [2.05, 4.69) is 26.5 Å². The molecule has 3 aromatic rings. The zero-order valence-corrected chi connectivity index (χ0v) is 25.2. The molecule has 3 aromatic heterocycles. The fraction of sp³-hybridized carbons (Fsp3) is 0.625. The number of hydrogen-bond donors (Lipinski definition) is 1. The first-order valence-corrected chi connectivity index (χ1v) is 16.0. The molecule has 6 aliphatic carbocycles. The second-order valence-electron chi connectivity index (χ2n) is 14.6. The third-order valence-electron chi connectivity index (χ3n) is 12.7. The van der Waals surface area contributed by atoms with Crippen LogP contribution >= 0.6 is 0 Å². The summed E-state index contributed by atoms with van der Waals surface area (Å²) in [5, 5.41) is 13.4. The van der Waals surface area contributed by atoms with Crippen LogP contribution in [0.15, 0.2) is 12.5 Å². The molecule has 45 heavy (non-hydrogen) atoms. The Morgan fingerprint density at radius 3 is 2.62 bits per heavy atom. The second kappa shape index (κ2) is 7.88. The van der Waals surface area contributed by atoms with Gasteiger partial charge in [0.2, 0.25) is 5.88 Å². The summed E-state index contributed by atoms with van der Waals surface area (Å²) in [5.74, 6) is 4.64. The summed E-state index contributed by atoms with van der Waals surface area (Å²) in [4.78, 5) is 25.0. The van der Waals surface area contributed by atoms with Crippen LogP contribution in [0.3, 0.4) is 0 Å². The van der Waals surface area contributed by atoms with Crippen LogP contribution in [0.4, 0.5) is 19.0 Å². The van der Waals surface area contributed by atoms with Crippen molar-refractivity contribution in [2.24, 2.45) is 34.5 Å². The molecular formula is C32H32F3N9O. The van der Waals surface area contributed by atoms with Crippen LogP contribution in [0.2, 0.25) is 0 Å². The molecule has 1 N–H and O–H groups in total. The molecule has 0 saturated heterocycles. The van der Waals surface area contributed by atoms with E-state index in [9.17, 15) is 18.4 Å². The molecule has 7 unspecified atom stereocenters. The number of rotatable bonds is 8. The van der Waals surface area contributed by atoms with E-state index in [-0.39, 0.29) is 22.3 Å². The highest BCUT2D eigenvalue weighted by molar-refractivity contribution is 5.71. The normalized spacial score (nSPS) is 35.6. The summed E-state index contributed by atoms with van der Waals surface area (Å²) in [6, 6.07) is -0.0738. The van der Waals surface area contributed by atoms with Gasteiger partial charge in [0.25, 0.3) is 0 Å². The molecule has 10 rings (SSSR count). The maximum atomic E-state index is 13.7. The van der Waals surface area contributed by atoms with E-state index in [0.29, 0.717) is 66.6 Å². The Morgan fingerprint density at radius 2 is 1.98 bits per heavy atom. The molecule has 10 nitrogen and oxygen atoms in total. The van der Waals surface area contributed by atoms with Gasteiger partial charge in [-0.25, -0.2) is 24.9 Å².